The number of alkyl carbamates (subject to hydrolysis) is 1. The fraction of sp³-hybridized carbons (Fsp3) is 0.417. The van der Waals surface area contributed by atoms with Gasteiger partial charge >= 0.3 is 11.6 Å². The Morgan fingerprint density at radius 2 is 2.00 bits per heavy atom. The molecule has 0 heterocycles. The Morgan fingerprint density at radius 3 is 2.58 bits per heavy atom. The maximum atomic E-state index is 11.9. The van der Waals surface area contributed by atoms with E-state index in [1.54, 1.807) is 24.3 Å². The van der Waals surface area contributed by atoms with Crippen molar-refractivity contribution in [3.05, 3.63) is 35.9 Å². The van der Waals surface area contributed by atoms with Crippen molar-refractivity contribution in [3.63, 3.8) is 0 Å². The molecule has 106 valence electrons. The van der Waals surface area contributed by atoms with Crippen LogP contribution in [0.25, 0.3) is 0 Å². The van der Waals surface area contributed by atoms with Crippen LogP contribution in [-0.4, -0.2) is 23.4 Å². The van der Waals surface area contributed by atoms with Gasteiger partial charge in [-0.25, -0.2) is 4.79 Å². The zero-order valence-corrected chi connectivity index (χ0v) is 11.1. The summed E-state index contributed by atoms with van der Waals surface area (Å²) in [6, 6.07) is 8.40. The monoisotopic (exact) mass is 293 g/mol. The maximum absolute atomic E-state index is 11.9. The predicted octanol–water partition coefficient (Wildman–Crippen LogP) is 3.55. The van der Waals surface area contributed by atoms with Crippen molar-refractivity contribution in [1.82, 2.24) is 5.32 Å². The number of alkyl halides is 3. The standard InChI is InChI=1S/C12H14F3NO2S/c1-9(8-19-12(13,14)15)16-11(17)18-7-10-5-3-2-4-6-10/h2-6,9H,7-8H2,1H3,(H,16,17). The van der Waals surface area contributed by atoms with Gasteiger partial charge in [0.15, 0.2) is 0 Å². The summed E-state index contributed by atoms with van der Waals surface area (Å²) in [6.45, 7) is 1.58. The summed E-state index contributed by atoms with van der Waals surface area (Å²) < 4.78 is 40.7. The molecule has 0 aliphatic carbocycles. The van der Waals surface area contributed by atoms with E-state index in [9.17, 15) is 18.0 Å². The number of halogens is 3. The lowest BCUT2D eigenvalue weighted by atomic mass is 10.2. The van der Waals surface area contributed by atoms with Gasteiger partial charge in [-0.15, -0.1) is 0 Å². The Balaban J connectivity index is 2.24. The molecule has 0 fully saturated rings. The molecule has 19 heavy (non-hydrogen) atoms. The van der Waals surface area contributed by atoms with Crippen molar-refractivity contribution in [3.8, 4) is 0 Å². The van der Waals surface area contributed by atoms with Crippen LogP contribution in [0.15, 0.2) is 30.3 Å². The molecular weight excluding hydrogens is 279 g/mol. The van der Waals surface area contributed by atoms with Crippen molar-refractivity contribution in [2.45, 2.75) is 25.1 Å². The number of benzene rings is 1. The predicted molar refractivity (Wildman–Crippen MR) is 67.7 cm³/mol. The molecule has 1 amide bonds. The van der Waals surface area contributed by atoms with Gasteiger partial charge in [0.25, 0.3) is 0 Å². The lowest BCUT2D eigenvalue weighted by molar-refractivity contribution is -0.0329. The number of hydrogen-bond acceptors (Lipinski definition) is 3. The number of hydrogen-bond donors (Lipinski definition) is 1. The first kappa shape index (κ1) is 15.7. The number of nitrogens with one attached hydrogen (secondary N) is 1. The van der Waals surface area contributed by atoms with Crippen LogP contribution in [-0.2, 0) is 11.3 Å². The first-order valence-electron chi connectivity index (χ1n) is 5.55. The smallest absolute Gasteiger partial charge is 0.441 e. The van der Waals surface area contributed by atoms with Crippen molar-refractivity contribution in [2.75, 3.05) is 5.75 Å². The van der Waals surface area contributed by atoms with Crippen LogP contribution in [0.1, 0.15) is 12.5 Å². The van der Waals surface area contributed by atoms with Gasteiger partial charge in [-0.1, -0.05) is 30.3 Å². The topological polar surface area (TPSA) is 38.3 Å². The van der Waals surface area contributed by atoms with Gasteiger partial charge in [0.2, 0.25) is 0 Å². The summed E-state index contributed by atoms with van der Waals surface area (Å²) in [5.41, 5.74) is -3.47. The van der Waals surface area contributed by atoms with Crippen LogP contribution < -0.4 is 5.32 Å². The number of thioether (sulfide) groups is 1. The SMILES string of the molecule is CC(CSC(F)(F)F)NC(=O)OCc1ccccc1. The van der Waals surface area contributed by atoms with Crippen LogP contribution in [0, 0.1) is 0 Å². The molecule has 0 aliphatic heterocycles. The Bertz CT molecular complexity index is 398. The largest absolute Gasteiger partial charge is 0.445 e. The van der Waals surface area contributed by atoms with E-state index in [1.165, 1.54) is 6.92 Å². The molecule has 7 heteroatoms. The molecule has 0 aliphatic rings. The van der Waals surface area contributed by atoms with Gasteiger partial charge < -0.3 is 10.1 Å². The molecule has 1 rings (SSSR count). The second-order valence-electron chi connectivity index (χ2n) is 3.86. The minimum Gasteiger partial charge on any atom is -0.445 e. The molecule has 1 atom stereocenters. The summed E-state index contributed by atoms with van der Waals surface area (Å²) in [5, 5.41) is 2.34. The molecular formula is C12H14F3NO2S. The number of rotatable bonds is 5. The van der Waals surface area contributed by atoms with Crippen molar-refractivity contribution in [2.24, 2.45) is 0 Å². The second kappa shape index (κ2) is 7.28. The van der Waals surface area contributed by atoms with Gasteiger partial charge in [0.1, 0.15) is 6.61 Å². The summed E-state index contributed by atoms with van der Waals surface area (Å²) in [5.74, 6) is -0.246. The second-order valence-corrected chi connectivity index (χ2v) is 4.95. The molecule has 1 unspecified atom stereocenters. The van der Waals surface area contributed by atoms with Crippen LogP contribution in [0.4, 0.5) is 18.0 Å². The summed E-state index contributed by atoms with van der Waals surface area (Å²) in [7, 11) is 0. The fourth-order valence-electron chi connectivity index (χ4n) is 1.23. The highest BCUT2D eigenvalue weighted by Crippen LogP contribution is 2.30. The maximum Gasteiger partial charge on any atom is 0.441 e. The average Bonchev–Trinajstić information content (AvgIpc) is 2.34. The molecule has 0 aromatic heterocycles. The third-order valence-electron chi connectivity index (χ3n) is 2.07. The third kappa shape index (κ3) is 7.61. The normalized spacial score (nSPS) is 12.8. The van der Waals surface area contributed by atoms with Gasteiger partial charge in [-0.3, -0.25) is 0 Å². The van der Waals surface area contributed by atoms with Crippen LogP contribution in [0.5, 0.6) is 0 Å². The van der Waals surface area contributed by atoms with Gasteiger partial charge in [0, 0.05) is 11.8 Å². The minimum absolute atomic E-state index is 0.0891. The lowest BCUT2D eigenvalue weighted by Crippen LogP contribution is -2.35. The average molecular weight is 293 g/mol. The third-order valence-corrected chi connectivity index (χ3v) is 3.07. The minimum atomic E-state index is -4.29. The van der Waals surface area contributed by atoms with Crippen molar-refractivity contribution >= 4 is 17.9 Å². The molecule has 1 aromatic rings. The molecule has 0 bridgehead atoms. The molecule has 0 spiro atoms. The van der Waals surface area contributed by atoms with E-state index in [0.29, 0.717) is 0 Å². The zero-order chi connectivity index (χ0) is 14.3. The van der Waals surface area contributed by atoms with Gasteiger partial charge in [0.05, 0.1) is 0 Å². The van der Waals surface area contributed by atoms with E-state index in [0.717, 1.165) is 5.56 Å². The molecule has 0 saturated carbocycles. The fourth-order valence-corrected chi connectivity index (χ4v) is 1.75. The van der Waals surface area contributed by atoms with Crippen molar-refractivity contribution < 1.29 is 22.7 Å². The van der Waals surface area contributed by atoms with E-state index >= 15 is 0 Å². The molecule has 0 saturated heterocycles. The van der Waals surface area contributed by atoms with E-state index in [4.69, 9.17) is 4.74 Å². The molecule has 1 aromatic carbocycles. The Hall–Kier alpha value is -1.37. The van der Waals surface area contributed by atoms with Gasteiger partial charge in [-0.2, -0.15) is 13.2 Å². The van der Waals surface area contributed by atoms with Crippen LogP contribution >= 0.6 is 11.8 Å². The number of carbonyl (C=O) groups is 1. The van der Waals surface area contributed by atoms with Crippen LogP contribution in [0.2, 0.25) is 0 Å². The number of amides is 1. The Morgan fingerprint density at radius 1 is 1.37 bits per heavy atom. The highest BCUT2D eigenvalue weighted by molar-refractivity contribution is 8.00. The van der Waals surface area contributed by atoms with Crippen molar-refractivity contribution in [1.29, 1.82) is 0 Å². The molecule has 1 N–H and O–H groups in total. The summed E-state index contributed by atoms with van der Waals surface area (Å²) in [4.78, 5) is 11.3. The number of carbonyl (C=O) groups excluding carboxylic acids is 1. The first-order chi connectivity index (χ1) is 8.87. The van der Waals surface area contributed by atoms with Crippen LogP contribution in [0.3, 0.4) is 0 Å². The summed E-state index contributed by atoms with van der Waals surface area (Å²) in [6.07, 6.45) is -0.723. The first-order valence-corrected chi connectivity index (χ1v) is 6.53. The van der Waals surface area contributed by atoms with E-state index in [2.05, 4.69) is 5.32 Å². The van der Waals surface area contributed by atoms with Gasteiger partial charge in [-0.05, 0) is 24.2 Å². The molecule has 3 nitrogen and oxygen atoms in total. The van der Waals surface area contributed by atoms with E-state index in [-0.39, 0.29) is 24.1 Å². The zero-order valence-electron chi connectivity index (χ0n) is 10.2. The Kier molecular flexibility index (Phi) is 6.01. The lowest BCUT2D eigenvalue weighted by Gasteiger charge is -2.14. The van der Waals surface area contributed by atoms with E-state index < -0.39 is 17.6 Å². The van der Waals surface area contributed by atoms with E-state index in [1.807, 2.05) is 6.07 Å². The Labute approximate surface area is 113 Å². The highest BCUT2D eigenvalue weighted by Gasteiger charge is 2.29. The summed E-state index contributed by atoms with van der Waals surface area (Å²) >= 11 is -0.172. The quantitative estimate of drug-likeness (QED) is 0.902. The highest BCUT2D eigenvalue weighted by atomic mass is 32.2. The number of ether oxygens (including phenoxy) is 1. The molecule has 0 radical (unpaired) electrons.